The highest BCUT2D eigenvalue weighted by Crippen LogP contribution is 2.12. The highest BCUT2D eigenvalue weighted by atomic mass is 19.1. The summed E-state index contributed by atoms with van der Waals surface area (Å²) in [6, 6.07) is 6.20. The molecule has 3 N–H and O–H groups in total. The molecule has 62 valence electrons. The van der Waals surface area contributed by atoms with Crippen LogP contribution in [0.3, 0.4) is 0 Å². The van der Waals surface area contributed by atoms with Gasteiger partial charge in [0.2, 0.25) is 0 Å². The third-order valence-electron chi connectivity index (χ3n) is 1.45. The molecule has 1 aromatic carbocycles. The van der Waals surface area contributed by atoms with Crippen LogP contribution in [0.2, 0.25) is 0 Å². The van der Waals surface area contributed by atoms with E-state index in [0.717, 1.165) is 6.21 Å². The number of hydrogen-bond acceptors (Lipinski definition) is 2. The summed E-state index contributed by atoms with van der Waals surface area (Å²) in [7, 11) is 0. The van der Waals surface area contributed by atoms with Gasteiger partial charge in [0, 0.05) is 17.5 Å². The van der Waals surface area contributed by atoms with Crippen LogP contribution in [-0.2, 0) is 0 Å². The molecule has 0 aliphatic carbocycles. The van der Waals surface area contributed by atoms with Crippen molar-refractivity contribution in [3.8, 4) is 0 Å². The minimum atomic E-state index is -0.367. The van der Waals surface area contributed by atoms with Crippen molar-refractivity contribution in [1.29, 1.82) is 5.41 Å². The molecule has 0 heterocycles. The second-order valence-corrected chi connectivity index (χ2v) is 2.27. The van der Waals surface area contributed by atoms with Crippen molar-refractivity contribution in [1.82, 2.24) is 0 Å². The molecule has 0 atom stereocenters. The fourth-order valence-corrected chi connectivity index (χ4v) is 0.875. The molecule has 0 bridgehead atoms. The summed E-state index contributed by atoms with van der Waals surface area (Å²) in [6.45, 7) is 0. The van der Waals surface area contributed by atoms with Crippen LogP contribution in [0.4, 0.5) is 4.39 Å². The Bertz CT molecular complexity index is 318. The summed E-state index contributed by atoms with van der Waals surface area (Å²) in [6.07, 6.45) is 2.38. The maximum Gasteiger partial charge on any atom is 0.132 e. The number of hydrogen-bond donors (Lipinski definition) is 2. The summed E-state index contributed by atoms with van der Waals surface area (Å²) in [4.78, 5) is 0. The van der Waals surface area contributed by atoms with Crippen molar-refractivity contribution >= 4 is 11.9 Å². The van der Waals surface area contributed by atoms with E-state index in [1.165, 1.54) is 12.1 Å². The van der Waals surface area contributed by atoms with Gasteiger partial charge in [-0.25, -0.2) is 4.39 Å². The lowest BCUT2D eigenvalue weighted by Gasteiger charge is -2.00. The predicted molar refractivity (Wildman–Crippen MR) is 47.3 cm³/mol. The Morgan fingerprint density at radius 2 is 2.08 bits per heavy atom. The van der Waals surface area contributed by atoms with Gasteiger partial charge in [-0.05, 0) is 18.2 Å². The van der Waals surface area contributed by atoms with E-state index < -0.39 is 0 Å². The molecule has 1 aromatic rings. The Kier molecular flexibility index (Phi) is 2.58. The largest absolute Gasteiger partial charge is 0.398 e. The second kappa shape index (κ2) is 3.67. The van der Waals surface area contributed by atoms with E-state index in [0.29, 0.717) is 5.56 Å². The lowest BCUT2D eigenvalue weighted by Crippen LogP contribution is -1.98. The van der Waals surface area contributed by atoms with E-state index >= 15 is 0 Å². The zero-order valence-corrected chi connectivity index (χ0v) is 6.42. The van der Waals surface area contributed by atoms with Crippen molar-refractivity contribution in [2.24, 2.45) is 5.73 Å². The second-order valence-electron chi connectivity index (χ2n) is 2.27. The Labute approximate surface area is 70.0 Å². The molecule has 3 heteroatoms. The Hall–Kier alpha value is -1.64. The Balaban J connectivity index is 3.10. The number of nitrogens with two attached hydrogens (primary N) is 1. The zero-order valence-electron chi connectivity index (χ0n) is 6.42. The number of rotatable bonds is 2. The Morgan fingerprint density at radius 3 is 2.67 bits per heavy atom. The first kappa shape index (κ1) is 8.46. The third kappa shape index (κ3) is 1.69. The topological polar surface area (TPSA) is 49.9 Å². The predicted octanol–water partition coefficient (Wildman–Crippen LogP) is 1.77. The average Bonchev–Trinajstić information content (AvgIpc) is 2.05. The highest BCUT2D eigenvalue weighted by molar-refractivity contribution is 5.81. The fraction of sp³-hybridized carbons (Fsp3) is 0. The van der Waals surface area contributed by atoms with Crippen molar-refractivity contribution in [2.75, 3.05) is 0 Å². The number of halogens is 1. The van der Waals surface area contributed by atoms with Gasteiger partial charge >= 0.3 is 0 Å². The molecule has 0 unspecified atom stereocenters. The van der Waals surface area contributed by atoms with E-state index in [-0.39, 0.29) is 11.5 Å². The van der Waals surface area contributed by atoms with Gasteiger partial charge in [0.15, 0.2) is 0 Å². The molecule has 0 aliphatic rings. The molecule has 0 fully saturated rings. The van der Waals surface area contributed by atoms with Crippen LogP contribution in [0, 0.1) is 11.2 Å². The van der Waals surface area contributed by atoms with E-state index in [1.807, 2.05) is 0 Å². The first-order chi connectivity index (χ1) is 5.75. The molecule has 0 amide bonds. The summed E-state index contributed by atoms with van der Waals surface area (Å²) >= 11 is 0. The van der Waals surface area contributed by atoms with Crippen LogP contribution < -0.4 is 5.73 Å². The van der Waals surface area contributed by atoms with E-state index in [2.05, 4.69) is 0 Å². The van der Waals surface area contributed by atoms with Crippen LogP contribution >= 0.6 is 0 Å². The molecule has 2 nitrogen and oxygen atoms in total. The van der Waals surface area contributed by atoms with Gasteiger partial charge in [0.25, 0.3) is 0 Å². The molecule has 1 rings (SSSR count). The summed E-state index contributed by atoms with van der Waals surface area (Å²) < 4.78 is 13.0. The monoisotopic (exact) mass is 164 g/mol. The van der Waals surface area contributed by atoms with Gasteiger partial charge in [0.05, 0.1) is 0 Å². The van der Waals surface area contributed by atoms with E-state index in [1.54, 1.807) is 18.2 Å². The molecule has 12 heavy (non-hydrogen) atoms. The zero-order chi connectivity index (χ0) is 8.97. The normalized spacial score (nSPS) is 11.2. The average molecular weight is 164 g/mol. The molecule has 0 saturated carbocycles. The third-order valence-corrected chi connectivity index (χ3v) is 1.45. The molecule has 0 radical (unpaired) electrons. The first-order valence-corrected chi connectivity index (χ1v) is 3.47. The quantitative estimate of drug-likeness (QED) is 0.643. The minimum absolute atomic E-state index is 0.267. The molecular weight excluding hydrogens is 155 g/mol. The van der Waals surface area contributed by atoms with Crippen LogP contribution in [0.25, 0.3) is 5.70 Å². The van der Waals surface area contributed by atoms with E-state index in [4.69, 9.17) is 11.1 Å². The van der Waals surface area contributed by atoms with Crippen LogP contribution in [0.1, 0.15) is 5.56 Å². The van der Waals surface area contributed by atoms with Gasteiger partial charge in [0.1, 0.15) is 5.82 Å². The van der Waals surface area contributed by atoms with Crippen LogP contribution in [-0.4, -0.2) is 6.21 Å². The van der Waals surface area contributed by atoms with Gasteiger partial charge < -0.3 is 11.1 Å². The number of benzene rings is 1. The van der Waals surface area contributed by atoms with Crippen molar-refractivity contribution < 1.29 is 4.39 Å². The van der Waals surface area contributed by atoms with Crippen molar-refractivity contribution in [3.05, 3.63) is 41.7 Å². The summed E-state index contributed by atoms with van der Waals surface area (Å²) in [5.74, 6) is -0.367. The lowest BCUT2D eigenvalue weighted by molar-refractivity contribution is 0.624. The van der Waals surface area contributed by atoms with Crippen LogP contribution in [0.5, 0.6) is 0 Å². The summed E-state index contributed by atoms with van der Waals surface area (Å²) in [5, 5.41) is 6.75. The van der Waals surface area contributed by atoms with E-state index in [9.17, 15) is 4.39 Å². The smallest absolute Gasteiger partial charge is 0.132 e. The molecule has 0 spiro atoms. The van der Waals surface area contributed by atoms with Crippen molar-refractivity contribution in [3.63, 3.8) is 0 Å². The number of nitrogens with one attached hydrogen (secondary N) is 1. The fourth-order valence-electron chi connectivity index (χ4n) is 0.875. The molecule has 0 saturated heterocycles. The molecule has 0 aliphatic heterocycles. The van der Waals surface area contributed by atoms with Gasteiger partial charge in [-0.1, -0.05) is 12.1 Å². The lowest BCUT2D eigenvalue weighted by atomic mass is 10.1. The first-order valence-electron chi connectivity index (χ1n) is 3.47. The maximum atomic E-state index is 13.0. The maximum absolute atomic E-state index is 13.0. The number of allylic oxidation sites excluding steroid dienone is 1. The minimum Gasteiger partial charge on any atom is -0.398 e. The SMILES string of the molecule is N=CC=C(N)c1ccccc1F. The van der Waals surface area contributed by atoms with Crippen molar-refractivity contribution in [2.45, 2.75) is 0 Å². The molecule has 0 aromatic heterocycles. The Morgan fingerprint density at radius 1 is 1.42 bits per heavy atom. The van der Waals surface area contributed by atoms with Crippen LogP contribution in [0.15, 0.2) is 30.3 Å². The van der Waals surface area contributed by atoms with Gasteiger partial charge in [-0.3, -0.25) is 0 Å². The molecular formula is C9H9FN2. The summed E-state index contributed by atoms with van der Waals surface area (Å²) in [5.41, 5.74) is 6.08. The highest BCUT2D eigenvalue weighted by Gasteiger charge is 2.01. The standard InChI is InChI=1S/C9H9FN2/c10-8-4-2-1-3-7(8)9(12)5-6-11/h1-6,11H,12H2. The van der Waals surface area contributed by atoms with Gasteiger partial charge in [-0.15, -0.1) is 0 Å². The van der Waals surface area contributed by atoms with Gasteiger partial charge in [-0.2, -0.15) is 0 Å².